The third-order valence-corrected chi connectivity index (χ3v) is 1.42. The summed E-state index contributed by atoms with van der Waals surface area (Å²) in [7, 11) is 0. The van der Waals surface area contributed by atoms with Crippen LogP contribution >= 0.6 is 0 Å². The predicted octanol–water partition coefficient (Wildman–Crippen LogP) is -0.955. The number of nitrogens with two attached hydrogens (primary N) is 2. The zero-order valence-corrected chi connectivity index (χ0v) is 5.22. The van der Waals surface area contributed by atoms with E-state index >= 15 is 0 Å². The molecule has 0 bridgehead atoms. The van der Waals surface area contributed by atoms with E-state index in [-0.39, 0.29) is 13.1 Å². The maximum absolute atomic E-state index is 9.19. The van der Waals surface area contributed by atoms with Crippen LogP contribution in [0.25, 0.3) is 0 Å². The average Bonchev–Trinajstić information content (AvgIpc) is 1.87. The van der Waals surface area contributed by atoms with Gasteiger partial charge < -0.3 is 16.6 Å². The van der Waals surface area contributed by atoms with Gasteiger partial charge in [-0.15, -0.1) is 0 Å². The normalized spacial score (nSPS) is 12.0. The molecule has 0 aliphatic heterocycles. The fraction of sp³-hybridized carbons (Fsp3) is 1.00. The molecular weight excluding hydrogens is 104 g/mol. The molecule has 0 saturated carbocycles. The first-order valence-corrected chi connectivity index (χ1v) is 2.81. The Balaban J connectivity index is 3.58. The fourth-order valence-electron chi connectivity index (χ4n) is 0.372. The van der Waals surface area contributed by atoms with Crippen molar-refractivity contribution in [3.05, 3.63) is 0 Å². The second kappa shape index (κ2) is 3.02. The van der Waals surface area contributed by atoms with Gasteiger partial charge in [-0.1, -0.05) is 6.92 Å². The topological polar surface area (TPSA) is 72.3 Å². The van der Waals surface area contributed by atoms with Gasteiger partial charge in [-0.2, -0.15) is 0 Å². The van der Waals surface area contributed by atoms with Crippen molar-refractivity contribution in [2.75, 3.05) is 13.1 Å². The zero-order valence-electron chi connectivity index (χ0n) is 5.22. The van der Waals surface area contributed by atoms with E-state index in [0.29, 0.717) is 6.42 Å². The summed E-state index contributed by atoms with van der Waals surface area (Å²) in [4.78, 5) is 0. The standard InChI is InChI=1S/C5H14N2O/c1-2-5(8,3-6)4-7/h8H,2-4,6-7H2,1H3. The smallest absolute Gasteiger partial charge is 0.0888 e. The first kappa shape index (κ1) is 7.88. The average molecular weight is 118 g/mol. The van der Waals surface area contributed by atoms with Crippen LogP contribution in [-0.2, 0) is 0 Å². The Morgan fingerprint density at radius 3 is 1.75 bits per heavy atom. The molecule has 0 aromatic rings. The molecule has 0 spiro atoms. The van der Waals surface area contributed by atoms with Crippen LogP contribution in [0.15, 0.2) is 0 Å². The van der Waals surface area contributed by atoms with E-state index < -0.39 is 5.60 Å². The number of hydrogen-bond donors (Lipinski definition) is 3. The first-order valence-electron chi connectivity index (χ1n) is 2.81. The molecule has 0 radical (unpaired) electrons. The molecule has 3 heteroatoms. The highest BCUT2D eigenvalue weighted by Gasteiger charge is 2.18. The predicted molar refractivity (Wildman–Crippen MR) is 33.3 cm³/mol. The quantitative estimate of drug-likeness (QED) is 0.447. The van der Waals surface area contributed by atoms with Gasteiger partial charge in [0.15, 0.2) is 0 Å². The third kappa shape index (κ3) is 1.78. The van der Waals surface area contributed by atoms with Crippen LogP contribution in [0.3, 0.4) is 0 Å². The Labute approximate surface area is 49.7 Å². The molecule has 0 aromatic carbocycles. The molecule has 3 nitrogen and oxygen atoms in total. The molecule has 0 unspecified atom stereocenters. The minimum atomic E-state index is -0.819. The maximum Gasteiger partial charge on any atom is 0.0888 e. The molecule has 0 fully saturated rings. The second-order valence-electron chi connectivity index (χ2n) is 1.99. The maximum atomic E-state index is 9.19. The lowest BCUT2D eigenvalue weighted by Gasteiger charge is -2.21. The largest absolute Gasteiger partial charge is 0.387 e. The number of hydrogen-bond acceptors (Lipinski definition) is 3. The summed E-state index contributed by atoms with van der Waals surface area (Å²) >= 11 is 0. The van der Waals surface area contributed by atoms with Crippen molar-refractivity contribution in [1.29, 1.82) is 0 Å². The highest BCUT2D eigenvalue weighted by atomic mass is 16.3. The van der Waals surface area contributed by atoms with Crippen LogP contribution in [0.4, 0.5) is 0 Å². The molecule has 0 atom stereocenters. The van der Waals surface area contributed by atoms with Crippen LogP contribution in [0, 0.1) is 0 Å². The highest BCUT2D eigenvalue weighted by Crippen LogP contribution is 2.03. The Morgan fingerprint density at radius 1 is 1.38 bits per heavy atom. The fourth-order valence-corrected chi connectivity index (χ4v) is 0.372. The van der Waals surface area contributed by atoms with Crippen LogP contribution in [-0.4, -0.2) is 23.8 Å². The minimum absolute atomic E-state index is 0.250. The van der Waals surface area contributed by atoms with Gasteiger partial charge in [0.25, 0.3) is 0 Å². The van der Waals surface area contributed by atoms with E-state index in [1.807, 2.05) is 6.92 Å². The van der Waals surface area contributed by atoms with E-state index in [0.717, 1.165) is 0 Å². The first-order chi connectivity index (χ1) is 3.68. The van der Waals surface area contributed by atoms with Gasteiger partial charge in [-0.05, 0) is 6.42 Å². The summed E-state index contributed by atoms with van der Waals surface area (Å²) in [6.45, 7) is 2.36. The van der Waals surface area contributed by atoms with Gasteiger partial charge in [0.1, 0.15) is 0 Å². The molecular formula is C5H14N2O. The molecule has 50 valence electrons. The summed E-state index contributed by atoms with van der Waals surface area (Å²) in [5.41, 5.74) is 9.58. The Hall–Kier alpha value is -0.120. The summed E-state index contributed by atoms with van der Waals surface area (Å²) in [5, 5.41) is 9.19. The summed E-state index contributed by atoms with van der Waals surface area (Å²) < 4.78 is 0. The van der Waals surface area contributed by atoms with Gasteiger partial charge in [0.05, 0.1) is 5.60 Å². The summed E-state index contributed by atoms with van der Waals surface area (Å²) in [6, 6.07) is 0. The third-order valence-electron chi connectivity index (χ3n) is 1.42. The molecule has 0 saturated heterocycles. The Kier molecular flexibility index (Phi) is 2.97. The molecule has 5 N–H and O–H groups in total. The second-order valence-corrected chi connectivity index (χ2v) is 1.99. The molecule has 8 heavy (non-hydrogen) atoms. The number of aliphatic hydroxyl groups is 1. The highest BCUT2D eigenvalue weighted by molar-refractivity contribution is 4.77. The van der Waals surface area contributed by atoms with Crippen LogP contribution in [0.5, 0.6) is 0 Å². The Morgan fingerprint density at radius 2 is 1.75 bits per heavy atom. The van der Waals surface area contributed by atoms with Crippen molar-refractivity contribution >= 4 is 0 Å². The lowest BCUT2D eigenvalue weighted by molar-refractivity contribution is 0.0543. The van der Waals surface area contributed by atoms with Gasteiger partial charge in [-0.3, -0.25) is 0 Å². The van der Waals surface area contributed by atoms with Crippen molar-refractivity contribution in [3.63, 3.8) is 0 Å². The molecule has 0 heterocycles. The lowest BCUT2D eigenvalue weighted by atomic mass is 10.0. The SMILES string of the molecule is CCC(O)(CN)CN. The van der Waals surface area contributed by atoms with Crippen LogP contribution in [0.1, 0.15) is 13.3 Å². The van der Waals surface area contributed by atoms with Gasteiger partial charge in [0, 0.05) is 13.1 Å². The number of rotatable bonds is 3. The van der Waals surface area contributed by atoms with Crippen molar-refractivity contribution < 1.29 is 5.11 Å². The molecule has 0 rings (SSSR count). The van der Waals surface area contributed by atoms with E-state index in [4.69, 9.17) is 11.5 Å². The van der Waals surface area contributed by atoms with E-state index in [1.165, 1.54) is 0 Å². The van der Waals surface area contributed by atoms with Gasteiger partial charge in [-0.25, -0.2) is 0 Å². The van der Waals surface area contributed by atoms with Crippen molar-refractivity contribution in [2.45, 2.75) is 18.9 Å². The summed E-state index contributed by atoms with van der Waals surface area (Å²) in [6.07, 6.45) is 0.625. The Bertz CT molecular complexity index is 53.2. The van der Waals surface area contributed by atoms with E-state index in [2.05, 4.69) is 0 Å². The van der Waals surface area contributed by atoms with Gasteiger partial charge in [0.2, 0.25) is 0 Å². The zero-order chi connectivity index (χ0) is 6.62. The van der Waals surface area contributed by atoms with E-state index in [9.17, 15) is 5.11 Å². The van der Waals surface area contributed by atoms with Crippen molar-refractivity contribution in [2.24, 2.45) is 11.5 Å². The van der Waals surface area contributed by atoms with Crippen LogP contribution < -0.4 is 11.5 Å². The monoisotopic (exact) mass is 118 g/mol. The molecule has 0 aromatic heterocycles. The van der Waals surface area contributed by atoms with Gasteiger partial charge >= 0.3 is 0 Å². The molecule has 0 amide bonds. The minimum Gasteiger partial charge on any atom is -0.387 e. The van der Waals surface area contributed by atoms with E-state index in [1.54, 1.807) is 0 Å². The lowest BCUT2D eigenvalue weighted by Crippen LogP contribution is -2.44. The van der Waals surface area contributed by atoms with Crippen LogP contribution in [0.2, 0.25) is 0 Å². The molecule has 0 aliphatic carbocycles. The van der Waals surface area contributed by atoms with Crippen molar-refractivity contribution in [3.8, 4) is 0 Å². The van der Waals surface area contributed by atoms with Crippen molar-refractivity contribution in [1.82, 2.24) is 0 Å². The molecule has 0 aliphatic rings. The summed E-state index contributed by atoms with van der Waals surface area (Å²) in [5.74, 6) is 0.